The van der Waals surface area contributed by atoms with Crippen LogP contribution in [-0.2, 0) is 16.1 Å². The summed E-state index contributed by atoms with van der Waals surface area (Å²) in [5, 5.41) is 15.3. The highest BCUT2D eigenvalue weighted by molar-refractivity contribution is 6.31. The molecule has 30 heavy (non-hydrogen) atoms. The number of rotatable bonds is 5. The highest BCUT2D eigenvalue weighted by Gasteiger charge is 2.59. The van der Waals surface area contributed by atoms with Crippen molar-refractivity contribution in [1.29, 1.82) is 0 Å². The van der Waals surface area contributed by atoms with E-state index in [2.05, 4.69) is 5.32 Å². The first-order valence-electron chi connectivity index (χ1n) is 9.77. The van der Waals surface area contributed by atoms with Crippen LogP contribution in [0.1, 0.15) is 12.0 Å². The topological polar surface area (TPSA) is 92.6 Å². The molecule has 1 N–H and O–H groups in total. The average molecular weight is 424 g/mol. The third-order valence-electron chi connectivity index (χ3n) is 6.33. The minimum atomic E-state index is -0.518. The molecule has 1 aliphatic heterocycles. The van der Waals surface area contributed by atoms with Gasteiger partial charge in [-0.15, -0.1) is 0 Å². The van der Waals surface area contributed by atoms with E-state index >= 15 is 0 Å². The van der Waals surface area contributed by atoms with Crippen LogP contribution < -0.4 is 10.2 Å². The molecule has 1 heterocycles. The molecule has 3 aliphatic rings. The first-order chi connectivity index (χ1) is 14.5. The van der Waals surface area contributed by atoms with Crippen LogP contribution in [0, 0.1) is 33.8 Å². The Morgan fingerprint density at radius 3 is 2.37 bits per heavy atom. The molecule has 0 spiro atoms. The van der Waals surface area contributed by atoms with Crippen LogP contribution in [0.5, 0.6) is 0 Å². The first-order valence-corrected chi connectivity index (χ1v) is 10.2. The van der Waals surface area contributed by atoms with Gasteiger partial charge in [-0.1, -0.05) is 42.0 Å². The van der Waals surface area contributed by atoms with Crippen LogP contribution in [0.4, 0.5) is 17.1 Å². The highest BCUT2D eigenvalue weighted by atomic mass is 35.5. The van der Waals surface area contributed by atoms with Gasteiger partial charge in [0.2, 0.25) is 11.8 Å². The van der Waals surface area contributed by atoms with Crippen LogP contribution in [-0.4, -0.2) is 16.7 Å². The Bertz CT molecular complexity index is 1090. The van der Waals surface area contributed by atoms with E-state index in [1.165, 1.54) is 12.1 Å². The Labute approximate surface area is 177 Å². The fraction of sp³-hybridized carbons (Fsp3) is 0.273. The Kier molecular flexibility index (Phi) is 4.36. The van der Waals surface area contributed by atoms with E-state index in [0.29, 0.717) is 17.3 Å². The van der Waals surface area contributed by atoms with Gasteiger partial charge in [0.25, 0.3) is 5.69 Å². The molecule has 2 bridgehead atoms. The normalized spacial score (nSPS) is 26.4. The summed E-state index contributed by atoms with van der Waals surface area (Å²) in [7, 11) is 0. The van der Waals surface area contributed by atoms with Crippen molar-refractivity contribution in [3.05, 3.63) is 75.3 Å². The van der Waals surface area contributed by atoms with Crippen molar-refractivity contribution < 1.29 is 14.5 Å². The molecule has 1 saturated carbocycles. The average Bonchev–Trinajstić information content (AvgIpc) is 3.41. The van der Waals surface area contributed by atoms with Crippen molar-refractivity contribution in [3.63, 3.8) is 0 Å². The second-order valence-corrected chi connectivity index (χ2v) is 8.32. The summed E-state index contributed by atoms with van der Waals surface area (Å²) < 4.78 is 0. The minimum absolute atomic E-state index is 0.0907. The summed E-state index contributed by atoms with van der Waals surface area (Å²) in [6.07, 6.45) is 4.88. The van der Waals surface area contributed by atoms with E-state index in [1.807, 2.05) is 30.4 Å². The van der Waals surface area contributed by atoms with Gasteiger partial charge in [0.05, 0.1) is 22.4 Å². The summed E-state index contributed by atoms with van der Waals surface area (Å²) in [5.74, 6) is -1.02. The van der Waals surface area contributed by atoms with Crippen LogP contribution >= 0.6 is 11.6 Å². The maximum absolute atomic E-state index is 13.0. The van der Waals surface area contributed by atoms with E-state index in [1.54, 1.807) is 12.1 Å². The number of nitrogens with one attached hydrogen (secondary N) is 1. The second kappa shape index (κ2) is 6.95. The number of carbonyl (C=O) groups is 2. The number of anilines is 2. The molecule has 1 saturated heterocycles. The molecule has 2 fully saturated rings. The van der Waals surface area contributed by atoms with Gasteiger partial charge in [-0.05, 0) is 42.0 Å². The third-order valence-corrected chi connectivity index (χ3v) is 6.70. The van der Waals surface area contributed by atoms with E-state index in [9.17, 15) is 19.7 Å². The number of halogens is 1. The molecule has 2 aliphatic carbocycles. The number of benzene rings is 2. The molecule has 5 rings (SSSR count). The highest BCUT2D eigenvalue weighted by Crippen LogP contribution is 2.53. The van der Waals surface area contributed by atoms with Gasteiger partial charge in [0.15, 0.2) is 0 Å². The number of carbonyl (C=O) groups excluding carboxylic acids is 2. The van der Waals surface area contributed by atoms with E-state index in [-0.39, 0.29) is 46.9 Å². The van der Waals surface area contributed by atoms with Crippen molar-refractivity contribution >= 4 is 40.5 Å². The predicted molar refractivity (Wildman–Crippen MR) is 112 cm³/mol. The van der Waals surface area contributed by atoms with E-state index in [4.69, 9.17) is 11.6 Å². The summed E-state index contributed by atoms with van der Waals surface area (Å²) >= 11 is 6.15. The molecule has 4 atom stereocenters. The SMILES string of the molecule is O=C1[C@@H]2[C@@H](C(=O)N1c1ccc(NCc3ccccc3Cl)c([N+](=O)[O-])c1)[C@H]1C=C[C@H]2C1. The second-order valence-electron chi connectivity index (χ2n) is 7.92. The number of nitro groups is 1. The molecule has 2 amide bonds. The molecule has 8 heteroatoms. The quantitative estimate of drug-likeness (QED) is 0.337. The maximum Gasteiger partial charge on any atom is 0.294 e. The number of imide groups is 1. The summed E-state index contributed by atoms with van der Waals surface area (Å²) in [6, 6.07) is 11.6. The molecular formula is C22H18ClN3O4. The Morgan fingerprint density at radius 1 is 1.07 bits per heavy atom. The number of nitro benzene ring substituents is 1. The van der Waals surface area contributed by atoms with Gasteiger partial charge >= 0.3 is 0 Å². The third kappa shape index (κ3) is 2.81. The lowest BCUT2D eigenvalue weighted by Gasteiger charge is -2.18. The summed E-state index contributed by atoms with van der Waals surface area (Å²) in [5.41, 5.74) is 1.15. The van der Waals surface area contributed by atoms with Crippen LogP contribution in [0.15, 0.2) is 54.6 Å². The molecule has 2 aromatic rings. The van der Waals surface area contributed by atoms with Gasteiger partial charge in [0, 0.05) is 17.6 Å². The maximum atomic E-state index is 13.0. The standard InChI is InChI=1S/C22H18ClN3O4/c23-16-4-2-1-3-14(16)11-24-17-8-7-15(10-18(17)26(29)30)25-21(27)19-12-5-6-13(9-12)20(19)22(25)28/h1-8,10,12-13,19-20,24H,9,11H2/t12-,13-,19-,20-/m0/s1. The number of fused-ring (bicyclic) bond motifs is 5. The summed E-state index contributed by atoms with van der Waals surface area (Å²) in [6.45, 7) is 0.306. The van der Waals surface area contributed by atoms with E-state index in [0.717, 1.165) is 16.9 Å². The molecule has 0 aromatic heterocycles. The molecular weight excluding hydrogens is 406 g/mol. The van der Waals surface area contributed by atoms with Gasteiger partial charge in [0.1, 0.15) is 5.69 Å². The van der Waals surface area contributed by atoms with Gasteiger partial charge in [-0.25, -0.2) is 4.90 Å². The summed E-state index contributed by atoms with van der Waals surface area (Å²) in [4.78, 5) is 38.2. The fourth-order valence-corrected chi connectivity index (χ4v) is 5.15. The van der Waals surface area contributed by atoms with Crippen molar-refractivity contribution in [2.45, 2.75) is 13.0 Å². The smallest absolute Gasteiger partial charge is 0.294 e. The Morgan fingerprint density at radius 2 is 1.73 bits per heavy atom. The largest absolute Gasteiger partial charge is 0.375 e. The monoisotopic (exact) mass is 423 g/mol. The lowest BCUT2D eigenvalue weighted by atomic mass is 9.85. The molecule has 152 valence electrons. The number of allylic oxidation sites excluding steroid dienone is 2. The van der Waals surface area contributed by atoms with E-state index < -0.39 is 4.92 Å². The molecule has 0 radical (unpaired) electrons. The number of amides is 2. The van der Waals surface area contributed by atoms with Gasteiger partial charge in [-0.3, -0.25) is 19.7 Å². The predicted octanol–water partition coefficient (Wildman–Crippen LogP) is 4.17. The zero-order valence-corrected chi connectivity index (χ0v) is 16.6. The molecule has 0 unspecified atom stereocenters. The fourth-order valence-electron chi connectivity index (χ4n) is 4.95. The zero-order chi connectivity index (χ0) is 21.0. The van der Waals surface area contributed by atoms with Crippen LogP contribution in [0.25, 0.3) is 0 Å². The van der Waals surface area contributed by atoms with Gasteiger partial charge in [-0.2, -0.15) is 0 Å². The lowest BCUT2D eigenvalue weighted by Crippen LogP contribution is -2.32. The van der Waals surface area contributed by atoms with Crippen molar-refractivity contribution in [2.24, 2.45) is 23.7 Å². The number of nitrogens with zero attached hydrogens (tertiary/aromatic N) is 2. The number of hydrogen-bond acceptors (Lipinski definition) is 5. The Balaban J connectivity index is 1.43. The van der Waals surface area contributed by atoms with Crippen LogP contribution in [0.2, 0.25) is 5.02 Å². The number of hydrogen-bond donors (Lipinski definition) is 1. The first kappa shape index (κ1) is 18.8. The minimum Gasteiger partial charge on any atom is -0.375 e. The Hall–Kier alpha value is -3.19. The van der Waals surface area contributed by atoms with Crippen molar-refractivity contribution in [3.8, 4) is 0 Å². The molecule has 7 nitrogen and oxygen atoms in total. The van der Waals surface area contributed by atoms with Crippen LogP contribution in [0.3, 0.4) is 0 Å². The zero-order valence-electron chi connectivity index (χ0n) is 15.8. The lowest BCUT2D eigenvalue weighted by molar-refractivity contribution is -0.383. The van der Waals surface area contributed by atoms with Crippen molar-refractivity contribution in [2.75, 3.05) is 10.2 Å². The van der Waals surface area contributed by atoms with Gasteiger partial charge < -0.3 is 5.32 Å². The van der Waals surface area contributed by atoms with Crippen molar-refractivity contribution in [1.82, 2.24) is 0 Å². The molecule has 2 aromatic carbocycles.